The molecule has 1 aromatic carbocycles. The third kappa shape index (κ3) is 2.30. The molecule has 14 heavy (non-hydrogen) atoms. The van der Waals surface area contributed by atoms with Gasteiger partial charge in [-0.1, -0.05) is 13.8 Å². The van der Waals surface area contributed by atoms with Crippen LogP contribution in [-0.2, 0) is 0 Å². The zero-order valence-corrected chi connectivity index (χ0v) is 8.29. The number of halogens is 1. The van der Waals surface area contributed by atoms with Gasteiger partial charge in [-0.3, -0.25) is 0 Å². The van der Waals surface area contributed by atoms with Gasteiger partial charge < -0.3 is 5.73 Å². The van der Waals surface area contributed by atoms with Crippen LogP contribution in [-0.4, -0.2) is 0 Å². The molecule has 0 heterocycles. The summed E-state index contributed by atoms with van der Waals surface area (Å²) in [6.45, 7) is 3.92. The molecule has 0 saturated heterocycles. The number of nitrogens with zero attached hydrogens (tertiary/aromatic N) is 1. The number of nitrogens with two attached hydrogens (primary N) is 1. The van der Waals surface area contributed by atoms with Crippen LogP contribution in [0, 0.1) is 23.1 Å². The molecule has 0 aromatic heterocycles. The van der Waals surface area contributed by atoms with E-state index in [0.29, 0.717) is 11.1 Å². The second-order valence-electron chi connectivity index (χ2n) is 3.65. The molecule has 0 radical (unpaired) electrons. The zero-order chi connectivity index (χ0) is 10.7. The van der Waals surface area contributed by atoms with Crippen molar-refractivity contribution in [1.29, 1.82) is 5.26 Å². The van der Waals surface area contributed by atoms with E-state index in [2.05, 4.69) is 0 Å². The van der Waals surface area contributed by atoms with Gasteiger partial charge in [-0.15, -0.1) is 0 Å². The van der Waals surface area contributed by atoms with E-state index >= 15 is 0 Å². The van der Waals surface area contributed by atoms with Gasteiger partial charge in [-0.2, -0.15) is 5.26 Å². The van der Waals surface area contributed by atoms with Crippen LogP contribution in [0.5, 0.6) is 0 Å². The summed E-state index contributed by atoms with van der Waals surface area (Å²) in [5.41, 5.74) is 6.85. The monoisotopic (exact) mass is 192 g/mol. The molecule has 0 bridgehead atoms. The molecule has 74 valence electrons. The standard InChI is InChI=1S/C11H13FN2/c1-7(2)11(14)9-3-8(6-13)4-10(12)5-9/h3-5,7,11H,14H2,1-2H3. The molecule has 2 nitrogen and oxygen atoms in total. The molecule has 3 heteroatoms. The van der Waals surface area contributed by atoms with Crippen molar-refractivity contribution in [2.45, 2.75) is 19.9 Å². The maximum Gasteiger partial charge on any atom is 0.124 e. The second-order valence-corrected chi connectivity index (χ2v) is 3.65. The van der Waals surface area contributed by atoms with Gasteiger partial charge in [0, 0.05) is 6.04 Å². The minimum atomic E-state index is -0.407. The molecule has 1 atom stereocenters. The summed E-state index contributed by atoms with van der Waals surface area (Å²) in [6.07, 6.45) is 0. The normalized spacial score (nSPS) is 12.6. The third-order valence-electron chi connectivity index (χ3n) is 2.15. The van der Waals surface area contributed by atoms with Crippen LogP contribution < -0.4 is 5.73 Å². The summed E-state index contributed by atoms with van der Waals surface area (Å²) >= 11 is 0. The molecule has 0 saturated carbocycles. The second kappa shape index (κ2) is 4.21. The van der Waals surface area contributed by atoms with Gasteiger partial charge in [0.25, 0.3) is 0 Å². The van der Waals surface area contributed by atoms with Crippen LogP contribution in [0.2, 0.25) is 0 Å². The summed E-state index contributed by atoms with van der Waals surface area (Å²) in [4.78, 5) is 0. The Balaban J connectivity index is 3.10. The first-order valence-electron chi connectivity index (χ1n) is 4.50. The fourth-order valence-corrected chi connectivity index (χ4v) is 1.25. The average molecular weight is 192 g/mol. The first-order chi connectivity index (χ1) is 6.54. The molecule has 0 aliphatic rings. The van der Waals surface area contributed by atoms with Crippen molar-refractivity contribution in [3.63, 3.8) is 0 Å². The fraction of sp³-hybridized carbons (Fsp3) is 0.364. The van der Waals surface area contributed by atoms with E-state index in [-0.39, 0.29) is 12.0 Å². The first kappa shape index (κ1) is 10.7. The van der Waals surface area contributed by atoms with E-state index in [4.69, 9.17) is 11.0 Å². The molecule has 2 N–H and O–H groups in total. The number of hydrogen-bond donors (Lipinski definition) is 1. The van der Waals surface area contributed by atoms with Gasteiger partial charge in [-0.05, 0) is 29.7 Å². The Kier molecular flexibility index (Phi) is 3.21. The van der Waals surface area contributed by atoms with E-state index in [0.717, 1.165) is 0 Å². The van der Waals surface area contributed by atoms with Crippen LogP contribution in [0.4, 0.5) is 4.39 Å². The topological polar surface area (TPSA) is 49.8 Å². The summed E-state index contributed by atoms with van der Waals surface area (Å²) < 4.78 is 13.0. The Morgan fingerprint density at radius 1 is 1.36 bits per heavy atom. The largest absolute Gasteiger partial charge is 0.324 e. The maximum absolute atomic E-state index is 13.0. The van der Waals surface area contributed by atoms with Crippen molar-refractivity contribution in [2.24, 2.45) is 11.7 Å². The van der Waals surface area contributed by atoms with Gasteiger partial charge in [0.1, 0.15) is 5.82 Å². The minimum Gasteiger partial charge on any atom is -0.324 e. The smallest absolute Gasteiger partial charge is 0.124 e. The Morgan fingerprint density at radius 3 is 2.50 bits per heavy atom. The predicted molar refractivity (Wildman–Crippen MR) is 52.9 cm³/mol. The van der Waals surface area contributed by atoms with Crippen LogP contribution in [0.25, 0.3) is 0 Å². The molecular formula is C11H13FN2. The first-order valence-corrected chi connectivity index (χ1v) is 4.50. The molecule has 1 aromatic rings. The molecule has 0 amide bonds. The number of benzene rings is 1. The number of nitriles is 1. The van der Waals surface area contributed by atoms with E-state index in [1.54, 1.807) is 6.07 Å². The third-order valence-corrected chi connectivity index (χ3v) is 2.15. The lowest BCUT2D eigenvalue weighted by Gasteiger charge is -2.16. The SMILES string of the molecule is CC(C)C(N)c1cc(F)cc(C#N)c1. The highest BCUT2D eigenvalue weighted by Gasteiger charge is 2.12. The van der Waals surface area contributed by atoms with Crippen molar-refractivity contribution in [3.05, 3.63) is 35.1 Å². The van der Waals surface area contributed by atoms with Crippen LogP contribution in [0.15, 0.2) is 18.2 Å². The molecule has 0 aliphatic carbocycles. The van der Waals surface area contributed by atoms with E-state index in [1.165, 1.54) is 12.1 Å². The number of rotatable bonds is 2. The maximum atomic E-state index is 13.0. The van der Waals surface area contributed by atoms with Crippen molar-refractivity contribution in [1.82, 2.24) is 0 Å². The molecule has 0 spiro atoms. The summed E-state index contributed by atoms with van der Waals surface area (Å²) in [6, 6.07) is 5.90. The summed E-state index contributed by atoms with van der Waals surface area (Å²) in [5.74, 6) is -0.182. The minimum absolute atomic E-state index is 0.224. The lowest BCUT2D eigenvalue weighted by Crippen LogP contribution is -2.16. The van der Waals surface area contributed by atoms with Crippen molar-refractivity contribution in [3.8, 4) is 6.07 Å². The molecule has 1 rings (SSSR count). The highest BCUT2D eigenvalue weighted by molar-refractivity contribution is 5.35. The van der Waals surface area contributed by atoms with Crippen molar-refractivity contribution < 1.29 is 4.39 Å². The van der Waals surface area contributed by atoms with Crippen LogP contribution in [0.3, 0.4) is 0 Å². The average Bonchev–Trinajstić information content (AvgIpc) is 2.15. The van der Waals surface area contributed by atoms with Gasteiger partial charge in [-0.25, -0.2) is 4.39 Å². The van der Waals surface area contributed by atoms with Gasteiger partial charge in [0.2, 0.25) is 0 Å². The van der Waals surface area contributed by atoms with Crippen LogP contribution in [0.1, 0.15) is 31.0 Å². The van der Waals surface area contributed by atoms with Gasteiger partial charge in [0.05, 0.1) is 11.6 Å². The predicted octanol–water partition coefficient (Wildman–Crippen LogP) is 2.35. The van der Waals surface area contributed by atoms with Crippen molar-refractivity contribution >= 4 is 0 Å². The van der Waals surface area contributed by atoms with Crippen molar-refractivity contribution in [2.75, 3.05) is 0 Å². The summed E-state index contributed by atoms with van der Waals surface area (Å²) in [7, 11) is 0. The fourth-order valence-electron chi connectivity index (χ4n) is 1.25. The Hall–Kier alpha value is -1.40. The molecule has 0 aliphatic heterocycles. The van der Waals surface area contributed by atoms with E-state index < -0.39 is 5.82 Å². The highest BCUT2D eigenvalue weighted by Crippen LogP contribution is 2.20. The Labute approximate surface area is 83.2 Å². The Morgan fingerprint density at radius 2 is 2.00 bits per heavy atom. The number of hydrogen-bond acceptors (Lipinski definition) is 2. The highest BCUT2D eigenvalue weighted by atomic mass is 19.1. The van der Waals surface area contributed by atoms with Crippen LogP contribution >= 0.6 is 0 Å². The van der Waals surface area contributed by atoms with Gasteiger partial charge in [0.15, 0.2) is 0 Å². The quantitative estimate of drug-likeness (QED) is 0.781. The lowest BCUT2D eigenvalue weighted by molar-refractivity contribution is 0.510. The zero-order valence-electron chi connectivity index (χ0n) is 8.29. The molecule has 1 unspecified atom stereocenters. The van der Waals surface area contributed by atoms with E-state index in [1.807, 2.05) is 19.9 Å². The van der Waals surface area contributed by atoms with E-state index in [9.17, 15) is 4.39 Å². The molecule has 0 fully saturated rings. The lowest BCUT2D eigenvalue weighted by atomic mass is 9.96. The van der Waals surface area contributed by atoms with Gasteiger partial charge >= 0.3 is 0 Å². The molecular weight excluding hydrogens is 179 g/mol. The Bertz CT molecular complexity index is 366. The summed E-state index contributed by atoms with van der Waals surface area (Å²) in [5, 5.41) is 8.65.